The first-order valence-electron chi connectivity index (χ1n) is 14.2. The van der Waals surface area contributed by atoms with Crippen LogP contribution in [0, 0.1) is 64.1 Å². The van der Waals surface area contributed by atoms with Gasteiger partial charge >= 0.3 is 0 Å². The molecule has 4 aliphatic rings. The highest BCUT2D eigenvalue weighted by molar-refractivity contribution is 5.09. The van der Waals surface area contributed by atoms with Crippen LogP contribution in [0.15, 0.2) is 0 Å². The number of hydrogen-bond donors (Lipinski definition) is 0. The SMILES string of the molecule is CC(C)C(CCC(C)C1CCC2C3CCC4CCCCC4(C)C3CCC12C)C(C)C. The van der Waals surface area contributed by atoms with Gasteiger partial charge in [-0.1, -0.05) is 67.7 Å². The van der Waals surface area contributed by atoms with E-state index in [4.69, 9.17) is 0 Å². The van der Waals surface area contributed by atoms with E-state index in [0.717, 1.165) is 53.3 Å². The Hall–Kier alpha value is 0. The first kappa shape index (κ1) is 23.2. The summed E-state index contributed by atoms with van der Waals surface area (Å²) in [4.78, 5) is 0. The maximum absolute atomic E-state index is 2.76. The molecule has 0 aromatic carbocycles. The van der Waals surface area contributed by atoms with Gasteiger partial charge in [0.15, 0.2) is 0 Å². The molecule has 0 saturated heterocycles. The molecule has 0 spiro atoms. The minimum Gasteiger partial charge on any atom is -0.0625 e. The van der Waals surface area contributed by atoms with Crippen LogP contribution in [0.1, 0.15) is 126 Å². The van der Waals surface area contributed by atoms with E-state index >= 15 is 0 Å². The van der Waals surface area contributed by atoms with E-state index in [1.165, 1.54) is 25.7 Å². The number of fused-ring (bicyclic) bond motifs is 5. The molecule has 0 aromatic heterocycles. The van der Waals surface area contributed by atoms with E-state index in [2.05, 4.69) is 48.5 Å². The normalized spacial score (nSPS) is 44.8. The first-order chi connectivity index (χ1) is 14.2. The highest BCUT2D eigenvalue weighted by Gasteiger charge is 2.60. The highest BCUT2D eigenvalue weighted by Crippen LogP contribution is 2.68. The maximum Gasteiger partial charge on any atom is -0.0264 e. The summed E-state index contributed by atoms with van der Waals surface area (Å²) in [6.07, 6.45) is 18.4. The van der Waals surface area contributed by atoms with Crippen molar-refractivity contribution in [1.29, 1.82) is 0 Å². The van der Waals surface area contributed by atoms with Crippen molar-refractivity contribution in [2.75, 3.05) is 0 Å². The second-order valence-corrected chi connectivity index (χ2v) is 13.8. The predicted octanol–water partition coefficient (Wildman–Crippen LogP) is 9.38. The van der Waals surface area contributed by atoms with E-state index in [1.54, 1.807) is 51.4 Å². The van der Waals surface area contributed by atoms with Crippen LogP contribution in [0.5, 0.6) is 0 Å². The van der Waals surface area contributed by atoms with Crippen molar-refractivity contribution in [2.45, 2.75) is 126 Å². The third-order valence-corrected chi connectivity index (χ3v) is 12.0. The van der Waals surface area contributed by atoms with E-state index in [-0.39, 0.29) is 0 Å². The lowest BCUT2D eigenvalue weighted by Crippen LogP contribution is -2.53. The van der Waals surface area contributed by atoms with Crippen LogP contribution in [0.25, 0.3) is 0 Å². The molecular weight excluding hydrogens is 360 g/mol. The summed E-state index contributed by atoms with van der Waals surface area (Å²) >= 11 is 0. The van der Waals surface area contributed by atoms with Gasteiger partial charge in [0.05, 0.1) is 0 Å². The van der Waals surface area contributed by atoms with Crippen LogP contribution < -0.4 is 0 Å². The minimum absolute atomic E-state index is 0.656. The van der Waals surface area contributed by atoms with Crippen molar-refractivity contribution >= 4 is 0 Å². The molecule has 4 aliphatic carbocycles. The molecule has 0 amide bonds. The Bertz CT molecular complexity index is 567. The lowest BCUT2D eigenvalue weighted by Gasteiger charge is -2.61. The van der Waals surface area contributed by atoms with Crippen molar-refractivity contribution in [3.05, 3.63) is 0 Å². The molecule has 8 unspecified atom stereocenters. The van der Waals surface area contributed by atoms with Gasteiger partial charge in [-0.3, -0.25) is 0 Å². The standard InChI is InChI=1S/C30H54/c1-20(2)24(21(3)4)13-11-22(5)26-15-16-27-25-14-12-23-10-8-9-18-29(23,6)28(25)17-19-30(26,27)7/h20-28H,8-19H2,1-7H3. The lowest BCUT2D eigenvalue weighted by molar-refractivity contribution is -0.114. The maximum atomic E-state index is 2.76. The van der Waals surface area contributed by atoms with E-state index in [9.17, 15) is 0 Å². The largest absolute Gasteiger partial charge is 0.0625 e. The molecule has 0 aromatic rings. The summed E-state index contributed by atoms with van der Waals surface area (Å²) < 4.78 is 0. The van der Waals surface area contributed by atoms with Crippen LogP contribution in [-0.4, -0.2) is 0 Å². The van der Waals surface area contributed by atoms with Crippen LogP contribution in [0.2, 0.25) is 0 Å². The topological polar surface area (TPSA) is 0 Å². The summed E-state index contributed by atoms with van der Waals surface area (Å²) in [5.41, 5.74) is 1.36. The molecule has 30 heavy (non-hydrogen) atoms. The second-order valence-electron chi connectivity index (χ2n) is 13.8. The Kier molecular flexibility index (Phi) is 6.75. The van der Waals surface area contributed by atoms with Gasteiger partial charge in [0, 0.05) is 0 Å². The minimum atomic E-state index is 0.656. The van der Waals surface area contributed by atoms with Crippen molar-refractivity contribution in [1.82, 2.24) is 0 Å². The van der Waals surface area contributed by atoms with E-state index in [0.29, 0.717) is 10.8 Å². The summed E-state index contributed by atoms with van der Waals surface area (Å²) in [5, 5.41) is 0. The van der Waals surface area contributed by atoms with Crippen LogP contribution >= 0.6 is 0 Å². The molecule has 0 heteroatoms. The second kappa shape index (κ2) is 8.74. The number of rotatable bonds is 6. The molecule has 0 radical (unpaired) electrons. The van der Waals surface area contributed by atoms with E-state index in [1.807, 2.05) is 0 Å². The zero-order valence-corrected chi connectivity index (χ0v) is 21.7. The Balaban J connectivity index is 1.44. The molecule has 8 atom stereocenters. The van der Waals surface area contributed by atoms with Crippen molar-refractivity contribution in [3.8, 4) is 0 Å². The van der Waals surface area contributed by atoms with Gasteiger partial charge < -0.3 is 0 Å². The molecule has 0 aliphatic heterocycles. The van der Waals surface area contributed by atoms with Gasteiger partial charge in [-0.25, -0.2) is 0 Å². The molecule has 4 saturated carbocycles. The zero-order chi connectivity index (χ0) is 21.7. The van der Waals surface area contributed by atoms with E-state index < -0.39 is 0 Å². The Morgan fingerprint density at radius 1 is 0.667 bits per heavy atom. The molecule has 4 rings (SSSR count). The van der Waals surface area contributed by atoms with Crippen molar-refractivity contribution in [3.63, 3.8) is 0 Å². The lowest BCUT2D eigenvalue weighted by atomic mass is 9.44. The predicted molar refractivity (Wildman–Crippen MR) is 131 cm³/mol. The smallest absolute Gasteiger partial charge is 0.0264 e. The zero-order valence-electron chi connectivity index (χ0n) is 21.7. The van der Waals surface area contributed by atoms with Crippen LogP contribution in [0.3, 0.4) is 0 Å². The Labute approximate surface area is 189 Å². The van der Waals surface area contributed by atoms with Gasteiger partial charge in [-0.05, 0) is 122 Å². The van der Waals surface area contributed by atoms with Gasteiger partial charge in [-0.2, -0.15) is 0 Å². The van der Waals surface area contributed by atoms with Crippen molar-refractivity contribution < 1.29 is 0 Å². The van der Waals surface area contributed by atoms with Crippen LogP contribution in [-0.2, 0) is 0 Å². The fourth-order valence-electron chi connectivity index (χ4n) is 10.4. The first-order valence-corrected chi connectivity index (χ1v) is 14.2. The third kappa shape index (κ3) is 3.83. The van der Waals surface area contributed by atoms with Gasteiger partial charge in [0.1, 0.15) is 0 Å². The molecule has 0 nitrogen and oxygen atoms in total. The molecule has 0 bridgehead atoms. The van der Waals surface area contributed by atoms with Gasteiger partial charge in [0.2, 0.25) is 0 Å². The molecule has 0 heterocycles. The van der Waals surface area contributed by atoms with Gasteiger partial charge in [-0.15, -0.1) is 0 Å². The molecular formula is C30H54. The monoisotopic (exact) mass is 414 g/mol. The average molecular weight is 415 g/mol. The molecule has 174 valence electrons. The van der Waals surface area contributed by atoms with Crippen molar-refractivity contribution in [2.24, 2.45) is 64.1 Å². The average Bonchev–Trinajstić information content (AvgIpc) is 3.04. The third-order valence-electron chi connectivity index (χ3n) is 12.0. The summed E-state index contributed by atoms with van der Waals surface area (Å²) in [5.74, 6) is 8.77. The summed E-state index contributed by atoms with van der Waals surface area (Å²) in [7, 11) is 0. The fourth-order valence-corrected chi connectivity index (χ4v) is 10.4. The van der Waals surface area contributed by atoms with Crippen LogP contribution in [0.4, 0.5) is 0 Å². The number of hydrogen-bond acceptors (Lipinski definition) is 0. The molecule has 0 N–H and O–H groups in total. The summed E-state index contributed by atoms with van der Waals surface area (Å²) in [6, 6.07) is 0. The summed E-state index contributed by atoms with van der Waals surface area (Å²) in [6.45, 7) is 17.9. The molecule has 4 fully saturated rings. The highest BCUT2D eigenvalue weighted by atomic mass is 14.6. The quantitative estimate of drug-likeness (QED) is 0.406. The Morgan fingerprint density at radius 3 is 2.07 bits per heavy atom. The van der Waals surface area contributed by atoms with Gasteiger partial charge in [0.25, 0.3) is 0 Å². The Morgan fingerprint density at radius 2 is 1.37 bits per heavy atom. The fraction of sp³-hybridized carbons (Fsp3) is 1.00.